The summed E-state index contributed by atoms with van der Waals surface area (Å²) in [4.78, 5) is 0. The number of hydrogen-bond acceptors (Lipinski definition) is 0. The molecule has 0 aromatic carbocycles. The SMILES string of the molecule is CC1[CH-]C2CC1C(C)C2C.[Rh]. The van der Waals surface area contributed by atoms with Gasteiger partial charge >= 0.3 is 0 Å². The Kier molecular flexibility index (Phi) is 2.80. The van der Waals surface area contributed by atoms with Crippen LogP contribution >= 0.6 is 0 Å². The summed E-state index contributed by atoms with van der Waals surface area (Å²) >= 11 is 0. The maximum absolute atomic E-state index is 2.58. The number of fused-ring (bicyclic) bond motifs is 2. The minimum atomic E-state index is 0. The third-order valence-corrected chi connectivity index (χ3v) is 3.95. The quantitative estimate of drug-likeness (QED) is 0.451. The normalized spacial score (nSPS) is 54.3. The van der Waals surface area contributed by atoms with Gasteiger partial charge in [0.05, 0.1) is 0 Å². The molecule has 0 spiro atoms. The van der Waals surface area contributed by atoms with Crippen LogP contribution in [0.15, 0.2) is 0 Å². The van der Waals surface area contributed by atoms with Crippen molar-refractivity contribution in [1.82, 2.24) is 0 Å². The van der Waals surface area contributed by atoms with Crippen molar-refractivity contribution in [3.8, 4) is 0 Å². The fraction of sp³-hybridized carbons (Fsp3) is 0.900. The van der Waals surface area contributed by atoms with Gasteiger partial charge in [-0.2, -0.15) is 11.8 Å². The molecule has 0 N–H and O–H groups in total. The van der Waals surface area contributed by atoms with Crippen molar-refractivity contribution in [2.75, 3.05) is 0 Å². The van der Waals surface area contributed by atoms with Crippen molar-refractivity contribution >= 4 is 0 Å². The molecule has 0 heterocycles. The molecular formula is C10H17Rh-. The molecule has 0 nitrogen and oxygen atoms in total. The molecular weight excluding hydrogens is 223 g/mol. The molecule has 0 saturated heterocycles. The maximum atomic E-state index is 2.58. The zero-order valence-electron chi connectivity index (χ0n) is 7.50. The Morgan fingerprint density at radius 3 is 2.09 bits per heavy atom. The van der Waals surface area contributed by atoms with Gasteiger partial charge in [-0.25, -0.2) is 0 Å². The van der Waals surface area contributed by atoms with E-state index in [0.717, 1.165) is 29.6 Å². The summed E-state index contributed by atoms with van der Waals surface area (Å²) in [6.07, 6.45) is 4.07. The van der Waals surface area contributed by atoms with Crippen LogP contribution < -0.4 is 0 Å². The van der Waals surface area contributed by atoms with Crippen LogP contribution in [0.1, 0.15) is 27.2 Å². The Balaban J connectivity index is 0.000000605. The Morgan fingerprint density at radius 1 is 1.09 bits per heavy atom. The Morgan fingerprint density at radius 2 is 1.73 bits per heavy atom. The molecule has 2 aliphatic carbocycles. The van der Waals surface area contributed by atoms with Crippen LogP contribution in [0.25, 0.3) is 0 Å². The van der Waals surface area contributed by atoms with Crippen molar-refractivity contribution in [1.29, 1.82) is 0 Å². The topological polar surface area (TPSA) is 0 Å². The van der Waals surface area contributed by atoms with Gasteiger partial charge in [-0.15, -0.1) is 0 Å². The fourth-order valence-corrected chi connectivity index (χ4v) is 3.00. The van der Waals surface area contributed by atoms with E-state index in [-0.39, 0.29) is 19.5 Å². The van der Waals surface area contributed by atoms with Crippen LogP contribution in [0.3, 0.4) is 0 Å². The van der Waals surface area contributed by atoms with E-state index in [1.54, 1.807) is 0 Å². The van der Waals surface area contributed by atoms with E-state index < -0.39 is 0 Å². The molecule has 0 aliphatic heterocycles. The van der Waals surface area contributed by atoms with Crippen molar-refractivity contribution in [2.24, 2.45) is 29.6 Å². The number of rotatable bonds is 0. The molecule has 0 aromatic rings. The minimum absolute atomic E-state index is 0. The average Bonchev–Trinajstić information content (AvgIpc) is 2.36. The third-order valence-electron chi connectivity index (χ3n) is 3.95. The van der Waals surface area contributed by atoms with Crippen LogP contribution in [0.4, 0.5) is 0 Å². The molecule has 2 aliphatic rings. The van der Waals surface area contributed by atoms with Crippen molar-refractivity contribution in [3.63, 3.8) is 0 Å². The van der Waals surface area contributed by atoms with Gasteiger partial charge in [0, 0.05) is 19.5 Å². The van der Waals surface area contributed by atoms with Gasteiger partial charge in [0.25, 0.3) is 0 Å². The van der Waals surface area contributed by atoms with Gasteiger partial charge in [-0.1, -0.05) is 39.0 Å². The Labute approximate surface area is 82.9 Å². The zero-order chi connectivity index (χ0) is 7.30. The maximum Gasteiger partial charge on any atom is 0 e. The Bertz CT molecular complexity index is 142. The molecule has 11 heavy (non-hydrogen) atoms. The van der Waals surface area contributed by atoms with E-state index in [0.29, 0.717) is 0 Å². The standard InChI is InChI=1S/C10H17.Rh/c1-6-4-9-5-10(6)8(3)7(9)2;/h4,6-10H,5H2,1-3H3;/q-1;. The van der Waals surface area contributed by atoms with E-state index in [9.17, 15) is 0 Å². The van der Waals surface area contributed by atoms with Crippen molar-refractivity contribution < 1.29 is 19.5 Å². The molecule has 2 rings (SSSR count). The summed E-state index contributed by atoms with van der Waals surface area (Å²) in [5.74, 6) is 4.87. The molecule has 0 aromatic heterocycles. The second kappa shape index (κ2) is 3.17. The summed E-state index contributed by atoms with van der Waals surface area (Å²) in [7, 11) is 0. The van der Waals surface area contributed by atoms with Gasteiger partial charge in [0.2, 0.25) is 0 Å². The second-order valence-electron chi connectivity index (χ2n) is 4.33. The summed E-state index contributed by atoms with van der Waals surface area (Å²) < 4.78 is 0. The predicted octanol–water partition coefficient (Wildman–Crippen LogP) is 2.75. The zero-order valence-corrected chi connectivity index (χ0v) is 9.14. The van der Waals surface area contributed by atoms with Gasteiger partial charge in [0.1, 0.15) is 0 Å². The van der Waals surface area contributed by atoms with Gasteiger partial charge < -0.3 is 6.42 Å². The molecule has 67 valence electrons. The first-order valence-corrected chi connectivity index (χ1v) is 4.55. The van der Waals surface area contributed by atoms with E-state index >= 15 is 0 Å². The first-order valence-electron chi connectivity index (χ1n) is 4.55. The summed E-state index contributed by atoms with van der Waals surface area (Å²) in [6, 6.07) is 0. The van der Waals surface area contributed by atoms with Crippen LogP contribution in [0.2, 0.25) is 0 Å². The summed E-state index contributed by atoms with van der Waals surface area (Å²) in [6.45, 7) is 7.23. The second-order valence-corrected chi connectivity index (χ2v) is 4.33. The first-order chi connectivity index (χ1) is 4.70. The monoisotopic (exact) mass is 240 g/mol. The van der Waals surface area contributed by atoms with Crippen LogP contribution in [0, 0.1) is 36.0 Å². The molecule has 5 unspecified atom stereocenters. The Hall–Kier alpha value is 0.623. The average molecular weight is 240 g/mol. The van der Waals surface area contributed by atoms with E-state index in [4.69, 9.17) is 0 Å². The van der Waals surface area contributed by atoms with Crippen LogP contribution in [-0.2, 0) is 19.5 Å². The predicted molar refractivity (Wildman–Crippen MR) is 43.4 cm³/mol. The van der Waals surface area contributed by atoms with Gasteiger partial charge in [-0.05, 0) is 5.92 Å². The van der Waals surface area contributed by atoms with Gasteiger partial charge in [0.15, 0.2) is 0 Å². The van der Waals surface area contributed by atoms with Crippen LogP contribution in [-0.4, -0.2) is 0 Å². The molecule has 0 amide bonds. The van der Waals surface area contributed by atoms with E-state index in [1.807, 2.05) is 0 Å². The minimum Gasteiger partial charge on any atom is -0.322 e. The third kappa shape index (κ3) is 1.30. The molecule has 5 atom stereocenters. The van der Waals surface area contributed by atoms with Crippen molar-refractivity contribution in [2.45, 2.75) is 27.2 Å². The van der Waals surface area contributed by atoms with Crippen LogP contribution in [0.5, 0.6) is 0 Å². The van der Waals surface area contributed by atoms with E-state index in [2.05, 4.69) is 27.2 Å². The molecule has 2 saturated carbocycles. The van der Waals surface area contributed by atoms with E-state index in [1.165, 1.54) is 6.42 Å². The number of hydrogen-bond donors (Lipinski definition) is 0. The fourth-order valence-electron chi connectivity index (χ4n) is 3.00. The van der Waals surface area contributed by atoms with Crippen molar-refractivity contribution in [3.05, 3.63) is 6.42 Å². The molecule has 1 radical (unpaired) electrons. The smallest absolute Gasteiger partial charge is 0 e. The van der Waals surface area contributed by atoms with Gasteiger partial charge in [-0.3, -0.25) is 0 Å². The molecule has 1 heteroatoms. The largest absolute Gasteiger partial charge is 0.322 e. The molecule has 2 bridgehead atoms. The molecule has 2 fully saturated rings. The summed E-state index contributed by atoms with van der Waals surface area (Å²) in [5, 5.41) is 0. The first kappa shape index (κ1) is 9.71. The summed E-state index contributed by atoms with van der Waals surface area (Å²) in [5.41, 5.74) is 0.